The minimum Gasteiger partial charge on any atom is -0.543 e. The molecule has 23 heavy (non-hydrogen) atoms. The van der Waals surface area contributed by atoms with Gasteiger partial charge in [0, 0.05) is 0 Å². The maximum Gasteiger partial charge on any atom is 2.00 e. The smallest absolute Gasteiger partial charge is 0.543 e. The van der Waals surface area contributed by atoms with Crippen LogP contribution >= 0.6 is 0 Å². The van der Waals surface area contributed by atoms with Crippen molar-refractivity contribution in [1.82, 2.24) is 0 Å². The van der Waals surface area contributed by atoms with Gasteiger partial charge in [-0.25, -0.2) is 0 Å². The SMILES string of the molecule is O.O.O=C([O-])C(=O)[O-].O=C([O-])C(=O)[O-].O=C([O-])C(=O)[O-].[Co+2].[Mn+2].[Ni+2]. The first-order chi connectivity index (χ1) is 7.93. The third-order valence-corrected chi connectivity index (χ3v) is 0.500. The van der Waals surface area contributed by atoms with Crippen LogP contribution in [0.1, 0.15) is 0 Å². The van der Waals surface area contributed by atoms with E-state index in [9.17, 15) is 0 Å². The van der Waals surface area contributed by atoms with Crippen molar-refractivity contribution in [3.05, 3.63) is 0 Å². The van der Waals surface area contributed by atoms with Crippen molar-refractivity contribution in [3.63, 3.8) is 0 Å². The zero-order valence-electron chi connectivity index (χ0n) is 9.93. The van der Waals surface area contributed by atoms with Crippen LogP contribution in [0.3, 0.4) is 0 Å². The van der Waals surface area contributed by atoms with Crippen LogP contribution in [0, 0.1) is 0 Å². The quantitative estimate of drug-likeness (QED) is 0.234. The molecule has 0 heterocycles. The van der Waals surface area contributed by atoms with Crippen LogP contribution in [0.25, 0.3) is 0 Å². The fourth-order valence-electron chi connectivity index (χ4n) is 0. The molecule has 0 aliphatic carbocycles. The first kappa shape index (κ1) is 49.6. The molecule has 0 atom stereocenters. The summed E-state index contributed by atoms with van der Waals surface area (Å²) in [7, 11) is 0. The number of rotatable bonds is 0. The molecule has 0 fully saturated rings. The Morgan fingerprint density at radius 2 is 0.478 bits per heavy atom. The number of hydrogen-bond acceptors (Lipinski definition) is 12. The molecule has 14 nitrogen and oxygen atoms in total. The van der Waals surface area contributed by atoms with Crippen molar-refractivity contribution in [2.45, 2.75) is 0 Å². The summed E-state index contributed by atoms with van der Waals surface area (Å²) in [6.45, 7) is 0. The van der Waals surface area contributed by atoms with E-state index in [1.807, 2.05) is 0 Å². The summed E-state index contributed by atoms with van der Waals surface area (Å²) in [6, 6.07) is 0. The number of aliphatic carboxylic acids is 6. The fraction of sp³-hybridized carbons (Fsp3) is 0. The van der Waals surface area contributed by atoms with Gasteiger partial charge in [-0.1, -0.05) is 0 Å². The van der Waals surface area contributed by atoms with E-state index in [0.717, 1.165) is 0 Å². The number of carbonyl (C=O) groups excluding carboxylic acids is 6. The molecule has 0 aromatic carbocycles. The maximum atomic E-state index is 8.93. The van der Waals surface area contributed by atoms with Crippen LogP contribution in [0.15, 0.2) is 0 Å². The molecule has 0 saturated carbocycles. The first-order valence-corrected chi connectivity index (χ1v) is 3.20. The molecule has 0 amide bonds. The summed E-state index contributed by atoms with van der Waals surface area (Å²) in [5.41, 5.74) is 0. The predicted octanol–water partition coefficient (Wildman–Crippen LogP) is -12.2. The molecule has 17 heteroatoms. The Morgan fingerprint density at radius 1 is 0.435 bits per heavy atom. The minimum absolute atomic E-state index is 0. The largest absolute Gasteiger partial charge is 2.00 e. The third-order valence-electron chi connectivity index (χ3n) is 0.500. The first-order valence-electron chi connectivity index (χ1n) is 3.20. The molecule has 2 radical (unpaired) electrons. The molecule has 0 unspecified atom stereocenters. The van der Waals surface area contributed by atoms with Crippen LogP contribution < -0.4 is 30.6 Å². The van der Waals surface area contributed by atoms with Crippen molar-refractivity contribution >= 4 is 35.8 Å². The van der Waals surface area contributed by atoms with Gasteiger partial charge in [0.25, 0.3) is 0 Å². The Kier molecular flexibility index (Phi) is 61.3. The van der Waals surface area contributed by atoms with Gasteiger partial charge in [-0.05, 0) is 0 Å². The monoisotopic (exact) mass is 472 g/mol. The van der Waals surface area contributed by atoms with E-state index in [1.165, 1.54) is 0 Å². The van der Waals surface area contributed by atoms with Crippen molar-refractivity contribution < 1.29 is 121 Å². The van der Waals surface area contributed by atoms with Gasteiger partial charge in [-0.15, -0.1) is 0 Å². The fourth-order valence-corrected chi connectivity index (χ4v) is 0. The van der Waals surface area contributed by atoms with Gasteiger partial charge in [0.15, 0.2) is 0 Å². The van der Waals surface area contributed by atoms with Gasteiger partial charge >= 0.3 is 50.3 Å². The molecule has 0 aromatic heterocycles. The second kappa shape index (κ2) is 28.4. The molecule has 0 aromatic rings. The molecule has 0 spiro atoms. The van der Waals surface area contributed by atoms with Gasteiger partial charge in [-0.2, -0.15) is 0 Å². The Labute approximate surface area is 156 Å². The topological polar surface area (TPSA) is 304 Å². The van der Waals surface area contributed by atoms with E-state index in [4.69, 9.17) is 59.4 Å². The molecular formula is C6H4CoMnNiO14. The third kappa shape index (κ3) is 64.2. The van der Waals surface area contributed by atoms with E-state index in [0.29, 0.717) is 0 Å². The Bertz CT molecular complexity index is 290. The Morgan fingerprint density at radius 3 is 0.478 bits per heavy atom. The molecule has 0 bridgehead atoms. The standard InChI is InChI=1S/3C2H2O4.Co.Mn.Ni.2H2O/c3*3-1(4)2(5)6;;;;;/h3*(H,3,4)(H,5,6);;;;2*1H2/q;;;3*+2;;/p-6. The zero-order chi connectivity index (χ0) is 15.5. The van der Waals surface area contributed by atoms with Crippen molar-refractivity contribution in [2.24, 2.45) is 0 Å². The second-order valence-electron chi connectivity index (χ2n) is 1.72. The van der Waals surface area contributed by atoms with Crippen molar-refractivity contribution in [1.29, 1.82) is 0 Å². The predicted molar refractivity (Wildman–Crippen MR) is 37.3 cm³/mol. The van der Waals surface area contributed by atoms with Gasteiger partial charge in [0.2, 0.25) is 0 Å². The van der Waals surface area contributed by atoms with E-state index in [2.05, 4.69) is 0 Å². The summed E-state index contributed by atoms with van der Waals surface area (Å²) in [5, 5.41) is 53.6. The molecular weight excluding hydrogens is 469 g/mol. The second-order valence-corrected chi connectivity index (χ2v) is 1.72. The molecule has 0 aliphatic rings. The number of carboxylic acid groups (broad SMARTS) is 6. The van der Waals surface area contributed by atoms with E-state index in [1.54, 1.807) is 0 Å². The number of hydrogen-bond donors (Lipinski definition) is 0. The van der Waals surface area contributed by atoms with Crippen LogP contribution in [0.4, 0.5) is 0 Å². The van der Waals surface area contributed by atoms with E-state index < -0.39 is 35.8 Å². The van der Waals surface area contributed by atoms with Crippen LogP contribution in [-0.4, -0.2) is 46.8 Å². The average Bonchev–Trinajstić information content (AvgIpc) is 2.18. The van der Waals surface area contributed by atoms with Crippen LogP contribution in [-0.2, 0) is 79.1 Å². The molecule has 0 aliphatic heterocycles. The van der Waals surface area contributed by atoms with E-state index in [-0.39, 0.29) is 61.3 Å². The van der Waals surface area contributed by atoms with Crippen molar-refractivity contribution in [2.75, 3.05) is 0 Å². The molecule has 0 rings (SSSR count). The van der Waals surface area contributed by atoms with Gasteiger partial charge in [-0.3, -0.25) is 0 Å². The average molecular weight is 473 g/mol. The summed E-state index contributed by atoms with van der Waals surface area (Å²) in [6.07, 6.45) is 0. The van der Waals surface area contributed by atoms with Crippen LogP contribution in [0.2, 0.25) is 0 Å². The Balaban J connectivity index is -0.0000000221. The zero-order valence-corrected chi connectivity index (χ0v) is 13.1. The molecule has 138 valence electrons. The van der Waals surface area contributed by atoms with Crippen molar-refractivity contribution in [3.8, 4) is 0 Å². The number of carboxylic acids is 6. The minimum atomic E-state index is -2.19. The summed E-state index contributed by atoms with van der Waals surface area (Å²) in [4.78, 5) is 53.6. The normalized spacial score (nSPS) is 5.74. The maximum absolute atomic E-state index is 8.93. The molecule has 0 saturated heterocycles. The van der Waals surface area contributed by atoms with Gasteiger partial charge in [0.05, 0.1) is 35.8 Å². The Hall–Kier alpha value is -1.74. The summed E-state index contributed by atoms with van der Waals surface area (Å²) >= 11 is 0. The van der Waals surface area contributed by atoms with Crippen LogP contribution in [0.5, 0.6) is 0 Å². The number of carbonyl (C=O) groups is 6. The summed E-state index contributed by atoms with van der Waals surface area (Å²) in [5.74, 6) is -13.1. The molecule has 4 N–H and O–H groups in total. The van der Waals surface area contributed by atoms with Gasteiger partial charge in [0.1, 0.15) is 0 Å². The van der Waals surface area contributed by atoms with E-state index >= 15 is 0 Å². The van der Waals surface area contributed by atoms with Gasteiger partial charge < -0.3 is 70.4 Å². The summed E-state index contributed by atoms with van der Waals surface area (Å²) < 4.78 is 0.